The second kappa shape index (κ2) is 2.41. The van der Waals surface area contributed by atoms with Crippen molar-refractivity contribution < 1.29 is 9.53 Å². The zero-order valence-corrected chi connectivity index (χ0v) is 8.32. The Labute approximate surface area is 84.0 Å². The maximum Gasteiger partial charge on any atom is 0.161 e. The third-order valence-corrected chi connectivity index (χ3v) is 5.14. The Hall–Kier alpha value is -0.370. The quantitative estimate of drug-likeness (QED) is 0.584. The molecule has 4 fully saturated rings. The van der Waals surface area contributed by atoms with E-state index < -0.39 is 0 Å². The van der Waals surface area contributed by atoms with Crippen molar-refractivity contribution in [1.82, 2.24) is 0 Å². The predicted octanol–water partition coefficient (Wildman–Crippen LogP) is 1.78. The summed E-state index contributed by atoms with van der Waals surface area (Å²) in [5.74, 6) is 3.55. The number of carbonyl (C=O) groups excluding carboxylic acids is 1. The molecule has 0 radical (unpaired) electrons. The van der Waals surface area contributed by atoms with E-state index in [0.29, 0.717) is 17.8 Å². The minimum atomic E-state index is 0.0223. The number of ketones is 1. The summed E-state index contributed by atoms with van der Waals surface area (Å²) < 4.78 is 5.91. The highest BCUT2D eigenvalue weighted by Crippen LogP contribution is 2.60. The lowest BCUT2D eigenvalue weighted by atomic mass is 9.76. The zero-order chi connectivity index (χ0) is 9.28. The summed E-state index contributed by atoms with van der Waals surface area (Å²) in [5.41, 5.74) is 0. The van der Waals surface area contributed by atoms with E-state index in [1.807, 2.05) is 0 Å². The molecule has 4 aliphatic rings. The van der Waals surface area contributed by atoms with E-state index in [1.54, 1.807) is 0 Å². The first kappa shape index (κ1) is 7.86. The molecule has 2 aliphatic carbocycles. The van der Waals surface area contributed by atoms with Gasteiger partial charge >= 0.3 is 0 Å². The lowest BCUT2D eigenvalue weighted by Crippen LogP contribution is -2.32. The molecule has 0 aromatic carbocycles. The lowest BCUT2D eigenvalue weighted by molar-refractivity contribution is -0.138. The van der Waals surface area contributed by atoms with Crippen LogP contribution in [0.3, 0.4) is 0 Å². The van der Waals surface area contributed by atoms with Crippen molar-refractivity contribution in [2.75, 3.05) is 0 Å². The van der Waals surface area contributed by atoms with Gasteiger partial charge in [-0.25, -0.2) is 0 Å². The van der Waals surface area contributed by atoms with Crippen LogP contribution in [-0.2, 0) is 9.53 Å². The molecule has 4 rings (SSSR count). The fourth-order valence-electron chi connectivity index (χ4n) is 4.73. The molecule has 0 aromatic rings. The molecule has 0 unspecified atom stereocenters. The summed E-state index contributed by atoms with van der Waals surface area (Å²) in [7, 11) is 0. The maximum atomic E-state index is 11.7. The highest BCUT2D eigenvalue weighted by atomic mass is 16.5. The largest absolute Gasteiger partial charge is 0.367 e. The summed E-state index contributed by atoms with van der Waals surface area (Å²) in [6, 6.07) is 0. The van der Waals surface area contributed by atoms with Gasteiger partial charge in [-0.1, -0.05) is 0 Å². The van der Waals surface area contributed by atoms with Gasteiger partial charge in [-0.2, -0.15) is 0 Å². The number of rotatable bonds is 0. The molecule has 2 heterocycles. The fraction of sp³-hybridized carbons (Fsp3) is 0.917. The Balaban J connectivity index is 1.76. The Bertz CT molecular complexity index is 299. The molecule has 0 spiro atoms. The third kappa shape index (κ3) is 0.758. The molecule has 2 heteroatoms. The van der Waals surface area contributed by atoms with Gasteiger partial charge in [0.15, 0.2) is 5.78 Å². The molecular weight excluding hydrogens is 176 g/mol. The first-order valence-electron chi connectivity index (χ1n) is 6.03. The van der Waals surface area contributed by atoms with E-state index in [-0.39, 0.29) is 6.10 Å². The van der Waals surface area contributed by atoms with Crippen molar-refractivity contribution in [3.05, 3.63) is 0 Å². The van der Waals surface area contributed by atoms with Crippen molar-refractivity contribution in [2.24, 2.45) is 23.7 Å². The van der Waals surface area contributed by atoms with E-state index in [1.165, 1.54) is 19.3 Å². The molecule has 14 heavy (non-hydrogen) atoms. The number of ether oxygens (including phenoxy) is 1. The first-order valence-corrected chi connectivity index (χ1v) is 6.03. The van der Waals surface area contributed by atoms with Crippen LogP contribution in [-0.4, -0.2) is 18.0 Å². The average molecular weight is 192 g/mol. The Morgan fingerprint density at radius 1 is 1.07 bits per heavy atom. The molecule has 6 atom stereocenters. The fourth-order valence-corrected chi connectivity index (χ4v) is 4.73. The second-order valence-electron chi connectivity index (χ2n) is 5.59. The predicted molar refractivity (Wildman–Crippen MR) is 50.7 cm³/mol. The molecule has 76 valence electrons. The first-order chi connectivity index (χ1) is 6.84. The van der Waals surface area contributed by atoms with Crippen LogP contribution in [0.2, 0.25) is 0 Å². The van der Waals surface area contributed by atoms with Gasteiger partial charge in [0.1, 0.15) is 6.10 Å². The second-order valence-corrected chi connectivity index (χ2v) is 5.59. The number of Topliss-reactive ketones (excluding diaryl/α,β-unsaturated/α-hetero) is 1. The molecule has 0 N–H and O–H groups in total. The van der Waals surface area contributed by atoms with E-state index in [2.05, 4.69) is 0 Å². The standard InChI is InChI=1S/C12H16O2/c13-8-3-4-9-10-6-1-2-7(5-6)11(10)12(8)14-9/h6-7,9-12H,1-5H2/t6-,7+,9-,10-,11-,12+/m0/s1. The monoisotopic (exact) mass is 192 g/mol. The van der Waals surface area contributed by atoms with Crippen LogP contribution in [0.1, 0.15) is 32.1 Å². The summed E-state index contributed by atoms with van der Waals surface area (Å²) in [6.45, 7) is 0. The van der Waals surface area contributed by atoms with Crippen molar-refractivity contribution in [3.63, 3.8) is 0 Å². The van der Waals surface area contributed by atoms with E-state index in [4.69, 9.17) is 4.74 Å². The van der Waals surface area contributed by atoms with Crippen LogP contribution in [0.5, 0.6) is 0 Å². The van der Waals surface area contributed by atoms with Crippen molar-refractivity contribution in [3.8, 4) is 0 Å². The Morgan fingerprint density at radius 3 is 2.71 bits per heavy atom. The van der Waals surface area contributed by atoms with Crippen molar-refractivity contribution >= 4 is 5.78 Å². The van der Waals surface area contributed by atoms with Gasteiger partial charge in [-0.3, -0.25) is 4.79 Å². The third-order valence-electron chi connectivity index (χ3n) is 5.14. The summed E-state index contributed by atoms with van der Waals surface area (Å²) >= 11 is 0. The molecule has 2 aliphatic heterocycles. The van der Waals surface area contributed by atoms with Gasteiger partial charge in [0.2, 0.25) is 0 Å². The van der Waals surface area contributed by atoms with Gasteiger partial charge < -0.3 is 4.74 Å². The lowest BCUT2D eigenvalue weighted by Gasteiger charge is -2.25. The highest BCUT2D eigenvalue weighted by molar-refractivity contribution is 5.84. The summed E-state index contributed by atoms with van der Waals surface area (Å²) in [6.07, 6.45) is 6.46. The molecule has 2 nitrogen and oxygen atoms in total. The van der Waals surface area contributed by atoms with Crippen LogP contribution >= 0.6 is 0 Å². The van der Waals surface area contributed by atoms with Gasteiger partial charge in [-0.05, 0) is 43.4 Å². The van der Waals surface area contributed by atoms with Crippen LogP contribution in [0.15, 0.2) is 0 Å². The maximum absolute atomic E-state index is 11.7. The highest BCUT2D eigenvalue weighted by Gasteiger charge is 2.61. The number of hydrogen-bond acceptors (Lipinski definition) is 2. The molecule has 2 saturated carbocycles. The number of fused-ring (bicyclic) bond motifs is 9. The number of hydrogen-bond donors (Lipinski definition) is 0. The van der Waals surface area contributed by atoms with Crippen LogP contribution in [0, 0.1) is 23.7 Å². The molecule has 4 bridgehead atoms. The minimum Gasteiger partial charge on any atom is -0.367 e. The van der Waals surface area contributed by atoms with Gasteiger partial charge in [0.25, 0.3) is 0 Å². The van der Waals surface area contributed by atoms with Crippen LogP contribution in [0.4, 0.5) is 0 Å². The van der Waals surface area contributed by atoms with Crippen molar-refractivity contribution in [1.29, 1.82) is 0 Å². The number of carbonyl (C=O) groups is 1. The summed E-state index contributed by atoms with van der Waals surface area (Å²) in [4.78, 5) is 11.7. The van der Waals surface area contributed by atoms with Gasteiger partial charge in [-0.15, -0.1) is 0 Å². The Morgan fingerprint density at radius 2 is 1.86 bits per heavy atom. The summed E-state index contributed by atoms with van der Waals surface area (Å²) in [5, 5.41) is 0. The molecular formula is C12H16O2. The van der Waals surface area contributed by atoms with E-state index in [0.717, 1.165) is 30.6 Å². The molecule has 2 saturated heterocycles. The SMILES string of the molecule is O=C1CC[C@@H]2O[C@H]1[C@H]1[C@@H]3CC[C@@H](C3)[C@H]12. The van der Waals surface area contributed by atoms with Gasteiger partial charge in [0.05, 0.1) is 6.10 Å². The minimum absolute atomic E-state index is 0.0223. The molecule has 0 aromatic heterocycles. The topological polar surface area (TPSA) is 26.3 Å². The smallest absolute Gasteiger partial charge is 0.161 e. The normalized spacial score (nSPS) is 59.3. The van der Waals surface area contributed by atoms with Crippen molar-refractivity contribution in [2.45, 2.75) is 44.3 Å². The zero-order valence-electron chi connectivity index (χ0n) is 8.32. The van der Waals surface area contributed by atoms with Crippen LogP contribution < -0.4 is 0 Å². The molecule has 0 amide bonds. The average Bonchev–Trinajstić information content (AvgIpc) is 2.85. The Kier molecular flexibility index (Phi) is 1.35. The van der Waals surface area contributed by atoms with Crippen LogP contribution in [0.25, 0.3) is 0 Å². The van der Waals surface area contributed by atoms with E-state index >= 15 is 0 Å². The van der Waals surface area contributed by atoms with Gasteiger partial charge in [0, 0.05) is 12.3 Å². The van der Waals surface area contributed by atoms with E-state index in [9.17, 15) is 4.79 Å².